The van der Waals surface area contributed by atoms with Gasteiger partial charge in [-0.3, -0.25) is 9.59 Å². The van der Waals surface area contributed by atoms with Gasteiger partial charge in [0, 0.05) is 17.8 Å². The van der Waals surface area contributed by atoms with Gasteiger partial charge in [0.15, 0.2) is 0 Å². The highest BCUT2D eigenvalue weighted by molar-refractivity contribution is 6.09. The molecule has 2 amide bonds. The maximum absolute atomic E-state index is 15.4. The maximum Gasteiger partial charge on any atom is 0.255 e. The summed E-state index contributed by atoms with van der Waals surface area (Å²) in [6.45, 7) is 0.696. The molecule has 5 aromatic rings. The summed E-state index contributed by atoms with van der Waals surface area (Å²) in [6, 6.07) is 42.9. The molecule has 0 aliphatic carbocycles. The highest BCUT2D eigenvalue weighted by Gasteiger charge is 2.59. The average Bonchev–Trinajstić information content (AvgIpc) is 3.06. The van der Waals surface area contributed by atoms with E-state index in [1.54, 1.807) is 0 Å². The van der Waals surface area contributed by atoms with Gasteiger partial charge >= 0.3 is 0 Å². The molecule has 212 valence electrons. The third-order valence-electron chi connectivity index (χ3n) is 8.91. The number of fused-ring (bicyclic) bond motifs is 3. The number of aliphatic hydroxyl groups is 1. The fourth-order valence-electron chi connectivity index (χ4n) is 6.95. The molecule has 2 aliphatic rings. The zero-order chi connectivity index (χ0) is 29.4. The topological polar surface area (TPSA) is 60.9 Å². The number of nitrogens with zero attached hydrogens (tertiary/aromatic N) is 2. The van der Waals surface area contributed by atoms with E-state index in [1.165, 1.54) is 0 Å². The number of hydrogen-bond acceptors (Lipinski definition) is 3. The van der Waals surface area contributed by atoms with Crippen molar-refractivity contribution in [3.8, 4) is 0 Å². The summed E-state index contributed by atoms with van der Waals surface area (Å²) in [5.74, 6) is -0.119. The van der Waals surface area contributed by atoms with Crippen molar-refractivity contribution >= 4 is 17.5 Å². The largest absolute Gasteiger partial charge is 0.392 e. The molecule has 1 N–H and O–H groups in total. The van der Waals surface area contributed by atoms with E-state index < -0.39 is 11.5 Å². The van der Waals surface area contributed by atoms with Crippen molar-refractivity contribution in [1.82, 2.24) is 4.90 Å². The fourth-order valence-corrected chi connectivity index (χ4v) is 6.95. The molecular weight excluding hydrogens is 532 g/mol. The lowest BCUT2D eigenvalue weighted by molar-refractivity contribution is -0.128. The molecule has 2 heterocycles. The molecule has 0 saturated heterocycles. The predicted octanol–water partition coefficient (Wildman–Crippen LogP) is 6.60. The number of carbonyl (C=O) groups excluding carboxylic acids is 2. The smallest absolute Gasteiger partial charge is 0.255 e. The van der Waals surface area contributed by atoms with Crippen LogP contribution in [0.3, 0.4) is 0 Å². The Hall–Kier alpha value is -5.00. The van der Waals surface area contributed by atoms with E-state index in [2.05, 4.69) is 6.07 Å². The third-order valence-corrected chi connectivity index (χ3v) is 8.91. The first-order valence-corrected chi connectivity index (χ1v) is 14.7. The lowest BCUT2D eigenvalue weighted by Gasteiger charge is -2.53. The molecule has 0 unspecified atom stereocenters. The van der Waals surface area contributed by atoms with E-state index in [9.17, 15) is 9.90 Å². The summed E-state index contributed by atoms with van der Waals surface area (Å²) >= 11 is 0. The zero-order valence-electron chi connectivity index (χ0n) is 23.8. The highest BCUT2D eigenvalue weighted by Crippen LogP contribution is 2.54. The van der Waals surface area contributed by atoms with Gasteiger partial charge in [0.05, 0.1) is 19.2 Å². The molecule has 2 aliphatic heterocycles. The van der Waals surface area contributed by atoms with E-state index >= 15 is 4.79 Å². The van der Waals surface area contributed by atoms with Crippen molar-refractivity contribution in [1.29, 1.82) is 0 Å². The van der Waals surface area contributed by atoms with Gasteiger partial charge in [-0.2, -0.15) is 0 Å². The van der Waals surface area contributed by atoms with Gasteiger partial charge in [-0.25, -0.2) is 0 Å². The molecule has 1 spiro atoms. The number of amides is 2. The van der Waals surface area contributed by atoms with Gasteiger partial charge in [-0.05, 0) is 51.9 Å². The lowest BCUT2D eigenvalue weighted by Crippen LogP contribution is -2.62. The van der Waals surface area contributed by atoms with Gasteiger partial charge in [0.1, 0.15) is 5.41 Å². The number of aliphatic hydroxyl groups excluding tert-OH is 1. The maximum atomic E-state index is 15.4. The van der Waals surface area contributed by atoms with Crippen molar-refractivity contribution in [3.05, 3.63) is 172 Å². The van der Waals surface area contributed by atoms with Gasteiger partial charge in [-0.1, -0.05) is 121 Å². The first-order valence-electron chi connectivity index (χ1n) is 14.7. The first-order chi connectivity index (χ1) is 21.1. The molecule has 7 rings (SSSR count). The number of benzene rings is 5. The van der Waals surface area contributed by atoms with Crippen LogP contribution in [-0.4, -0.2) is 21.8 Å². The lowest BCUT2D eigenvalue weighted by atomic mass is 9.61. The Morgan fingerprint density at radius 1 is 0.651 bits per heavy atom. The Morgan fingerprint density at radius 2 is 1.26 bits per heavy atom. The van der Waals surface area contributed by atoms with Crippen LogP contribution in [0.2, 0.25) is 0 Å². The zero-order valence-corrected chi connectivity index (χ0v) is 23.8. The van der Waals surface area contributed by atoms with Crippen molar-refractivity contribution in [2.45, 2.75) is 37.6 Å². The second-order valence-electron chi connectivity index (χ2n) is 11.4. The van der Waals surface area contributed by atoms with Crippen molar-refractivity contribution in [2.75, 3.05) is 4.90 Å². The van der Waals surface area contributed by atoms with Crippen LogP contribution < -0.4 is 4.90 Å². The van der Waals surface area contributed by atoms with Gasteiger partial charge < -0.3 is 14.9 Å². The van der Waals surface area contributed by atoms with E-state index in [0.29, 0.717) is 25.1 Å². The molecule has 0 fully saturated rings. The van der Waals surface area contributed by atoms with Gasteiger partial charge in [0.25, 0.3) is 5.91 Å². The van der Waals surface area contributed by atoms with Crippen LogP contribution in [0.25, 0.3) is 0 Å². The average molecular weight is 565 g/mol. The monoisotopic (exact) mass is 564 g/mol. The summed E-state index contributed by atoms with van der Waals surface area (Å²) in [7, 11) is 0. The van der Waals surface area contributed by atoms with E-state index in [-0.39, 0.29) is 18.4 Å². The molecule has 5 heteroatoms. The van der Waals surface area contributed by atoms with Crippen molar-refractivity contribution < 1.29 is 14.7 Å². The highest BCUT2D eigenvalue weighted by atomic mass is 16.3. The molecule has 0 saturated carbocycles. The van der Waals surface area contributed by atoms with Crippen LogP contribution in [0.4, 0.5) is 5.69 Å². The number of rotatable bonds is 6. The Labute approximate surface area is 251 Å². The summed E-state index contributed by atoms with van der Waals surface area (Å²) in [5, 5.41) is 9.80. The Kier molecular flexibility index (Phi) is 6.88. The predicted molar refractivity (Wildman–Crippen MR) is 167 cm³/mol. The van der Waals surface area contributed by atoms with E-state index in [1.807, 2.05) is 137 Å². The quantitative estimate of drug-likeness (QED) is 0.253. The molecule has 43 heavy (non-hydrogen) atoms. The minimum absolute atomic E-state index is 0.0238. The number of carbonyl (C=O) groups is 2. The van der Waals surface area contributed by atoms with E-state index in [0.717, 1.165) is 39.1 Å². The Bertz CT molecular complexity index is 1790. The standard InChI is InChI=1S/C38H32N2O3/c41-26-29-19-21-30(22-20-29)35-38(33-17-9-8-16-32(33)36(42)40(35)25-28-13-5-2-6-14-28)23-31-15-7-10-18-34(31)39(37(38)43)24-27-11-3-1-4-12-27/h1-22,35,41H,23-26H2/t35-,38-/m0/s1. The molecule has 0 aromatic heterocycles. The van der Waals surface area contributed by atoms with Crippen LogP contribution in [0.1, 0.15) is 49.8 Å². The second-order valence-corrected chi connectivity index (χ2v) is 11.4. The molecular formula is C38H32N2O3. The number of anilines is 1. The van der Waals surface area contributed by atoms with Crippen LogP contribution in [-0.2, 0) is 36.3 Å². The first kappa shape index (κ1) is 26.9. The minimum atomic E-state index is -1.08. The molecule has 5 aromatic carbocycles. The molecule has 0 radical (unpaired) electrons. The normalized spacial score (nSPS) is 19.3. The third kappa shape index (κ3) is 4.53. The molecule has 5 nitrogen and oxygen atoms in total. The van der Waals surface area contributed by atoms with Crippen LogP contribution in [0.15, 0.2) is 133 Å². The number of para-hydroxylation sites is 1. The second kappa shape index (κ2) is 11.0. The van der Waals surface area contributed by atoms with Crippen molar-refractivity contribution in [2.24, 2.45) is 0 Å². The summed E-state index contributed by atoms with van der Waals surface area (Å²) in [6.07, 6.45) is 0.454. The molecule has 0 bridgehead atoms. The number of hydrogen-bond donors (Lipinski definition) is 1. The van der Waals surface area contributed by atoms with E-state index in [4.69, 9.17) is 0 Å². The van der Waals surface area contributed by atoms with Crippen LogP contribution in [0.5, 0.6) is 0 Å². The summed E-state index contributed by atoms with van der Waals surface area (Å²) < 4.78 is 0. The SMILES string of the molecule is O=C1c2ccccc2[C@@]2(Cc3ccccc3N(Cc3ccccc3)C2=O)[C@H](c2ccc(CO)cc2)N1Cc1ccccc1. The Balaban J connectivity index is 1.49. The van der Waals surface area contributed by atoms with Crippen LogP contribution in [0, 0.1) is 0 Å². The minimum Gasteiger partial charge on any atom is -0.392 e. The molecule has 2 atom stereocenters. The van der Waals surface area contributed by atoms with Crippen molar-refractivity contribution in [3.63, 3.8) is 0 Å². The van der Waals surface area contributed by atoms with Gasteiger partial charge in [0.2, 0.25) is 5.91 Å². The van der Waals surface area contributed by atoms with Crippen LogP contribution >= 0.6 is 0 Å². The van der Waals surface area contributed by atoms with Gasteiger partial charge in [-0.15, -0.1) is 0 Å². The fraction of sp³-hybridized carbons (Fsp3) is 0.158. The summed E-state index contributed by atoms with van der Waals surface area (Å²) in [4.78, 5) is 33.6. The Morgan fingerprint density at radius 3 is 1.95 bits per heavy atom. The summed E-state index contributed by atoms with van der Waals surface area (Å²) in [5.41, 5.74) is 5.89.